The van der Waals surface area contributed by atoms with Gasteiger partial charge in [-0.3, -0.25) is 0 Å². The Balaban J connectivity index is 2.21. The molecule has 1 heterocycles. The molecule has 0 radical (unpaired) electrons. The molecule has 0 aliphatic rings. The Hall–Kier alpha value is -2.62. The number of nitrogens with one attached hydrogen (secondary N) is 1. The van der Waals surface area contributed by atoms with Crippen LogP contribution in [0.2, 0.25) is 0 Å². The highest BCUT2D eigenvalue weighted by molar-refractivity contribution is 6.08. The van der Waals surface area contributed by atoms with Crippen LogP contribution in [0, 0.1) is 0 Å². The van der Waals surface area contributed by atoms with Crippen molar-refractivity contribution in [2.45, 2.75) is 25.8 Å². The lowest BCUT2D eigenvalue weighted by molar-refractivity contribution is -0.138. The van der Waals surface area contributed by atoms with Crippen LogP contribution < -0.4 is 5.32 Å². The van der Waals surface area contributed by atoms with Crippen molar-refractivity contribution in [1.82, 2.24) is 4.98 Å². The fraction of sp³-hybridized carbons (Fsp3) is 0.222. The maximum Gasteiger partial charge on any atom is 0.326 e. The summed E-state index contributed by atoms with van der Waals surface area (Å²) in [5, 5.41) is 14.6. The topological polar surface area (TPSA) is 62.2 Å². The van der Waals surface area contributed by atoms with Crippen molar-refractivity contribution in [3.8, 4) is 0 Å². The monoisotopic (exact) mass is 294 g/mol. The van der Waals surface area contributed by atoms with Gasteiger partial charge in [0.05, 0.1) is 16.7 Å². The third-order valence-electron chi connectivity index (χ3n) is 3.78. The standard InChI is InChI=1S/C18H18N2O2/c1-2-7-16(18(21)22)20-17-12-8-3-5-10-14(12)19-15-11-6-4-9-13(15)17/h3-6,8-11,16H,2,7H2,1H3,(H,19,20)(H,21,22)/t16-/m0/s1. The van der Waals surface area contributed by atoms with Crippen LogP contribution in [0.5, 0.6) is 0 Å². The molecule has 0 fully saturated rings. The molecule has 4 heteroatoms. The van der Waals surface area contributed by atoms with E-state index in [1.807, 2.05) is 55.5 Å². The highest BCUT2D eigenvalue weighted by Gasteiger charge is 2.18. The molecule has 0 bridgehead atoms. The Kier molecular flexibility index (Phi) is 3.92. The summed E-state index contributed by atoms with van der Waals surface area (Å²) in [5.74, 6) is -0.827. The van der Waals surface area contributed by atoms with Crippen LogP contribution in [0.1, 0.15) is 19.8 Å². The van der Waals surface area contributed by atoms with E-state index in [1.54, 1.807) is 0 Å². The first-order valence-corrected chi connectivity index (χ1v) is 7.47. The lowest BCUT2D eigenvalue weighted by atomic mass is 10.1. The van der Waals surface area contributed by atoms with E-state index < -0.39 is 12.0 Å². The van der Waals surface area contributed by atoms with Crippen molar-refractivity contribution in [3.05, 3.63) is 48.5 Å². The molecule has 0 amide bonds. The Labute approximate surface area is 128 Å². The van der Waals surface area contributed by atoms with Crippen LogP contribution in [0.25, 0.3) is 21.8 Å². The number of nitrogens with zero attached hydrogens (tertiary/aromatic N) is 1. The maximum atomic E-state index is 11.5. The zero-order chi connectivity index (χ0) is 15.5. The van der Waals surface area contributed by atoms with E-state index in [0.29, 0.717) is 6.42 Å². The molecule has 2 aromatic carbocycles. The first-order chi connectivity index (χ1) is 10.7. The fourth-order valence-electron chi connectivity index (χ4n) is 2.72. The smallest absolute Gasteiger partial charge is 0.326 e. The first kappa shape index (κ1) is 14.3. The molecule has 0 aliphatic heterocycles. The number of aliphatic carboxylic acids is 1. The minimum absolute atomic E-state index is 0.584. The van der Waals surface area contributed by atoms with Gasteiger partial charge < -0.3 is 10.4 Å². The number of rotatable bonds is 5. The first-order valence-electron chi connectivity index (χ1n) is 7.47. The van der Waals surface area contributed by atoms with Crippen LogP contribution in [-0.2, 0) is 4.79 Å². The molecule has 3 aromatic rings. The highest BCUT2D eigenvalue weighted by Crippen LogP contribution is 2.31. The van der Waals surface area contributed by atoms with Gasteiger partial charge in [0.15, 0.2) is 0 Å². The number of para-hydroxylation sites is 2. The Bertz CT molecular complexity index is 776. The van der Waals surface area contributed by atoms with Gasteiger partial charge in [-0.2, -0.15) is 0 Å². The number of pyridine rings is 1. The molecule has 0 spiro atoms. The van der Waals surface area contributed by atoms with Gasteiger partial charge in [0, 0.05) is 10.8 Å². The Morgan fingerprint density at radius 1 is 1.09 bits per heavy atom. The molecule has 4 nitrogen and oxygen atoms in total. The summed E-state index contributed by atoms with van der Waals surface area (Å²) in [4.78, 5) is 16.1. The van der Waals surface area contributed by atoms with Gasteiger partial charge in [0.2, 0.25) is 0 Å². The summed E-state index contributed by atoms with van der Waals surface area (Å²) in [6, 6.07) is 15.0. The van der Waals surface area contributed by atoms with Crippen molar-refractivity contribution in [2.75, 3.05) is 5.32 Å². The number of benzene rings is 2. The lowest BCUT2D eigenvalue weighted by Gasteiger charge is -2.18. The number of anilines is 1. The van der Waals surface area contributed by atoms with Crippen LogP contribution >= 0.6 is 0 Å². The van der Waals surface area contributed by atoms with Crippen molar-refractivity contribution in [1.29, 1.82) is 0 Å². The van der Waals surface area contributed by atoms with Gasteiger partial charge in [0.25, 0.3) is 0 Å². The zero-order valence-electron chi connectivity index (χ0n) is 12.4. The van der Waals surface area contributed by atoms with Crippen molar-refractivity contribution >= 4 is 33.5 Å². The third-order valence-corrected chi connectivity index (χ3v) is 3.78. The molecule has 0 unspecified atom stereocenters. The van der Waals surface area contributed by atoms with E-state index in [4.69, 9.17) is 0 Å². The number of hydrogen-bond donors (Lipinski definition) is 2. The molecule has 0 aliphatic carbocycles. The van der Waals surface area contributed by atoms with Gasteiger partial charge in [-0.15, -0.1) is 0 Å². The quantitative estimate of drug-likeness (QED) is 0.697. The number of carbonyl (C=O) groups is 1. The summed E-state index contributed by atoms with van der Waals surface area (Å²) in [6.45, 7) is 1.99. The van der Waals surface area contributed by atoms with Crippen molar-refractivity contribution < 1.29 is 9.90 Å². The van der Waals surface area contributed by atoms with Gasteiger partial charge in [0.1, 0.15) is 6.04 Å². The van der Waals surface area contributed by atoms with Gasteiger partial charge >= 0.3 is 5.97 Å². The zero-order valence-corrected chi connectivity index (χ0v) is 12.4. The normalized spacial score (nSPS) is 12.4. The predicted molar refractivity (Wildman–Crippen MR) is 89.2 cm³/mol. The summed E-state index contributed by atoms with van der Waals surface area (Å²) in [7, 11) is 0. The van der Waals surface area contributed by atoms with Crippen LogP contribution in [-0.4, -0.2) is 22.1 Å². The molecule has 112 valence electrons. The maximum absolute atomic E-state index is 11.5. The largest absolute Gasteiger partial charge is 0.480 e. The lowest BCUT2D eigenvalue weighted by Crippen LogP contribution is -2.29. The van der Waals surface area contributed by atoms with Crippen LogP contribution in [0.15, 0.2) is 48.5 Å². The molecule has 0 saturated heterocycles. The number of carboxylic acid groups (broad SMARTS) is 1. The van der Waals surface area contributed by atoms with Crippen molar-refractivity contribution in [3.63, 3.8) is 0 Å². The molecule has 0 saturated carbocycles. The second-order valence-electron chi connectivity index (χ2n) is 5.34. The van der Waals surface area contributed by atoms with Gasteiger partial charge in [-0.05, 0) is 18.6 Å². The minimum Gasteiger partial charge on any atom is -0.480 e. The summed E-state index contributed by atoms with van der Waals surface area (Å²) in [6.07, 6.45) is 1.39. The second kappa shape index (κ2) is 6.02. The van der Waals surface area contributed by atoms with Crippen molar-refractivity contribution in [2.24, 2.45) is 0 Å². The Morgan fingerprint density at radius 2 is 1.64 bits per heavy atom. The predicted octanol–water partition coefficient (Wildman–Crippen LogP) is 4.05. The van der Waals surface area contributed by atoms with E-state index in [1.165, 1.54) is 0 Å². The van der Waals surface area contributed by atoms with E-state index in [-0.39, 0.29) is 0 Å². The molecule has 22 heavy (non-hydrogen) atoms. The minimum atomic E-state index is -0.827. The summed E-state index contributed by atoms with van der Waals surface area (Å²) < 4.78 is 0. The summed E-state index contributed by atoms with van der Waals surface area (Å²) >= 11 is 0. The average Bonchev–Trinajstić information content (AvgIpc) is 2.53. The third kappa shape index (κ3) is 2.60. The van der Waals surface area contributed by atoms with E-state index in [2.05, 4.69) is 10.3 Å². The fourth-order valence-corrected chi connectivity index (χ4v) is 2.72. The van der Waals surface area contributed by atoms with Gasteiger partial charge in [-0.1, -0.05) is 49.7 Å². The molecule has 1 aromatic heterocycles. The highest BCUT2D eigenvalue weighted by atomic mass is 16.4. The number of hydrogen-bond acceptors (Lipinski definition) is 3. The molecule has 2 N–H and O–H groups in total. The van der Waals surface area contributed by atoms with E-state index in [9.17, 15) is 9.90 Å². The van der Waals surface area contributed by atoms with Crippen LogP contribution in [0.4, 0.5) is 5.69 Å². The van der Waals surface area contributed by atoms with Crippen LogP contribution in [0.3, 0.4) is 0 Å². The Morgan fingerprint density at radius 3 is 2.14 bits per heavy atom. The molecule has 1 atom stereocenters. The second-order valence-corrected chi connectivity index (χ2v) is 5.34. The van der Waals surface area contributed by atoms with Gasteiger partial charge in [-0.25, -0.2) is 9.78 Å². The molecular formula is C18H18N2O2. The number of aromatic nitrogens is 1. The molecule has 3 rings (SSSR count). The number of carboxylic acids is 1. The average molecular weight is 294 g/mol. The summed E-state index contributed by atoms with van der Waals surface area (Å²) in [5.41, 5.74) is 2.58. The molecular weight excluding hydrogens is 276 g/mol. The van der Waals surface area contributed by atoms with E-state index >= 15 is 0 Å². The van der Waals surface area contributed by atoms with E-state index in [0.717, 1.165) is 33.9 Å². The number of fused-ring (bicyclic) bond motifs is 2. The SMILES string of the molecule is CCC[C@H](Nc1c2ccccc2nc2ccccc12)C(=O)O.